The number of benzene rings is 1. The van der Waals surface area contributed by atoms with Gasteiger partial charge in [0.15, 0.2) is 0 Å². The second-order valence-electron chi connectivity index (χ2n) is 8.40. The van der Waals surface area contributed by atoms with Crippen molar-refractivity contribution in [1.29, 1.82) is 0 Å². The van der Waals surface area contributed by atoms with Gasteiger partial charge in [-0.1, -0.05) is 6.07 Å². The topological polar surface area (TPSA) is 61.6 Å². The zero-order valence-corrected chi connectivity index (χ0v) is 19.2. The van der Waals surface area contributed by atoms with E-state index in [4.69, 9.17) is 14.2 Å². The van der Waals surface area contributed by atoms with Gasteiger partial charge in [-0.25, -0.2) is 9.97 Å². The van der Waals surface area contributed by atoms with Crippen LogP contribution in [0.3, 0.4) is 0 Å². The van der Waals surface area contributed by atoms with Crippen molar-refractivity contribution in [3.8, 4) is 22.8 Å². The van der Waals surface area contributed by atoms with E-state index in [0.29, 0.717) is 18.4 Å². The molecule has 1 aromatic carbocycles. The minimum Gasteiger partial charge on any atom is -0.493 e. The third-order valence-corrected chi connectivity index (χ3v) is 5.84. The van der Waals surface area contributed by atoms with Gasteiger partial charge in [0.2, 0.25) is 5.88 Å². The lowest BCUT2D eigenvalue weighted by Gasteiger charge is -2.24. The maximum absolute atomic E-state index is 6.31. The van der Waals surface area contributed by atoms with E-state index in [1.807, 2.05) is 36.1 Å². The summed E-state index contributed by atoms with van der Waals surface area (Å²) >= 11 is 0. The molecule has 0 spiro atoms. The summed E-state index contributed by atoms with van der Waals surface area (Å²) < 4.78 is 19.5. The van der Waals surface area contributed by atoms with Gasteiger partial charge >= 0.3 is 0 Å². The predicted molar refractivity (Wildman–Crippen MR) is 124 cm³/mol. The van der Waals surface area contributed by atoms with E-state index in [-0.39, 0.29) is 0 Å². The number of rotatable bonds is 9. The Kier molecular flexibility index (Phi) is 7.39. The Balaban J connectivity index is 1.57. The van der Waals surface area contributed by atoms with Crippen molar-refractivity contribution in [1.82, 2.24) is 19.4 Å². The van der Waals surface area contributed by atoms with Crippen LogP contribution in [0.1, 0.15) is 24.2 Å². The van der Waals surface area contributed by atoms with Crippen LogP contribution in [-0.2, 0) is 24.9 Å². The fourth-order valence-corrected chi connectivity index (χ4v) is 4.07. The van der Waals surface area contributed by atoms with Gasteiger partial charge in [-0.2, -0.15) is 0 Å². The number of nitrogens with zero attached hydrogens (tertiary/aromatic N) is 4. The van der Waals surface area contributed by atoms with E-state index in [1.165, 1.54) is 0 Å². The van der Waals surface area contributed by atoms with Crippen LogP contribution in [-0.4, -0.2) is 53.4 Å². The molecule has 0 saturated carbocycles. The molecule has 4 rings (SSSR count). The number of aromatic nitrogens is 3. The minimum absolute atomic E-state index is 0.444. The average Bonchev–Trinajstić information content (AvgIpc) is 3.22. The van der Waals surface area contributed by atoms with E-state index in [9.17, 15) is 0 Å². The summed E-state index contributed by atoms with van der Waals surface area (Å²) in [5.41, 5.74) is 3.15. The number of aryl methyl sites for hydroxylation is 1. The second-order valence-corrected chi connectivity index (χ2v) is 8.40. The van der Waals surface area contributed by atoms with Gasteiger partial charge in [0.1, 0.15) is 11.6 Å². The summed E-state index contributed by atoms with van der Waals surface area (Å²) in [5.74, 6) is 3.00. The summed E-state index contributed by atoms with van der Waals surface area (Å²) in [6.07, 6.45) is 7.80. The van der Waals surface area contributed by atoms with Gasteiger partial charge in [0.25, 0.3) is 0 Å². The Hall–Kier alpha value is -2.90. The largest absolute Gasteiger partial charge is 0.493 e. The number of methoxy groups -OCH3 is 1. The quantitative estimate of drug-likeness (QED) is 0.507. The standard InChI is InChI=1S/C25H32N4O3/c1-28(16-24-26-11-12-29(24)2)15-21-14-20(22-7-4-10-27-25(22)30-3)8-9-23(21)32-18-19-6-5-13-31-17-19/h4,7-12,14,19H,5-6,13,15-18H2,1-3H3. The Morgan fingerprint density at radius 1 is 1.19 bits per heavy atom. The van der Waals surface area contributed by atoms with E-state index < -0.39 is 0 Å². The lowest BCUT2D eigenvalue weighted by molar-refractivity contribution is 0.0349. The molecule has 1 aliphatic heterocycles. The smallest absolute Gasteiger partial charge is 0.221 e. The van der Waals surface area contributed by atoms with Crippen LogP contribution >= 0.6 is 0 Å². The number of hydrogen-bond donors (Lipinski definition) is 0. The zero-order chi connectivity index (χ0) is 22.3. The number of imidazole rings is 1. The monoisotopic (exact) mass is 436 g/mol. The second kappa shape index (κ2) is 10.6. The van der Waals surface area contributed by atoms with E-state index >= 15 is 0 Å². The third-order valence-electron chi connectivity index (χ3n) is 5.84. The van der Waals surface area contributed by atoms with Crippen LogP contribution in [0.25, 0.3) is 11.1 Å². The molecule has 0 bridgehead atoms. The molecule has 1 aliphatic rings. The first-order chi connectivity index (χ1) is 15.6. The molecule has 0 amide bonds. The normalized spacial score (nSPS) is 16.3. The highest BCUT2D eigenvalue weighted by atomic mass is 16.5. The zero-order valence-electron chi connectivity index (χ0n) is 19.2. The van der Waals surface area contributed by atoms with Crippen molar-refractivity contribution in [2.45, 2.75) is 25.9 Å². The van der Waals surface area contributed by atoms with Gasteiger partial charge in [-0.15, -0.1) is 0 Å². The van der Waals surface area contributed by atoms with Crippen molar-refractivity contribution in [3.63, 3.8) is 0 Å². The summed E-state index contributed by atoms with van der Waals surface area (Å²) in [7, 11) is 5.77. The van der Waals surface area contributed by atoms with Crippen molar-refractivity contribution in [3.05, 3.63) is 60.3 Å². The maximum Gasteiger partial charge on any atom is 0.221 e. The highest BCUT2D eigenvalue weighted by Crippen LogP contribution is 2.32. The molecule has 170 valence electrons. The molecule has 1 saturated heterocycles. The molecule has 1 atom stereocenters. The first kappa shape index (κ1) is 22.3. The van der Waals surface area contributed by atoms with E-state index in [1.54, 1.807) is 13.3 Å². The Morgan fingerprint density at radius 2 is 2.09 bits per heavy atom. The molecule has 32 heavy (non-hydrogen) atoms. The third kappa shape index (κ3) is 5.47. The van der Waals surface area contributed by atoms with Crippen molar-refractivity contribution >= 4 is 0 Å². The van der Waals surface area contributed by atoms with Gasteiger partial charge in [0.05, 0.1) is 26.9 Å². The molecule has 7 nitrogen and oxygen atoms in total. The molecule has 7 heteroatoms. The highest BCUT2D eigenvalue weighted by molar-refractivity contribution is 5.70. The lowest BCUT2D eigenvalue weighted by Crippen LogP contribution is -2.24. The highest BCUT2D eigenvalue weighted by Gasteiger charge is 2.17. The van der Waals surface area contributed by atoms with Crippen molar-refractivity contribution < 1.29 is 14.2 Å². The summed E-state index contributed by atoms with van der Waals surface area (Å²) in [6, 6.07) is 10.3. The Labute approximate surface area is 190 Å². The molecule has 0 radical (unpaired) electrons. The van der Waals surface area contributed by atoms with Crippen molar-refractivity contribution in [2.24, 2.45) is 13.0 Å². The van der Waals surface area contributed by atoms with Gasteiger partial charge in [0, 0.05) is 55.8 Å². The lowest BCUT2D eigenvalue weighted by atomic mass is 10.0. The summed E-state index contributed by atoms with van der Waals surface area (Å²) in [6.45, 7) is 3.80. The minimum atomic E-state index is 0.444. The van der Waals surface area contributed by atoms with Crippen LogP contribution in [0.15, 0.2) is 48.9 Å². The fraction of sp³-hybridized carbons (Fsp3) is 0.440. The van der Waals surface area contributed by atoms with Crippen LogP contribution in [0.4, 0.5) is 0 Å². The molecule has 3 heterocycles. The maximum atomic E-state index is 6.31. The van der Waals surface area contributed by atoms with Crippen molar-refractivity contribution in [2.75, 3.05) is 34.0 Å². The number of ether oxygens (including phenoxy) is 3. The molecule has 1 unspecified atom stereocenters. The number of pyridine rings is 1. The molecule has 1 fully saturated rings. The van der Waals surface area contributed by atoms with Gasteiger partial charge < -0.3 is 18.8 Å². The summed E-state index contributed by atoms with van der Waals surface area (Å²) in [4.78, 5) is 11.1. The Bertz CT molecular complexity index is 1010. The Morgan fingerprint density at radius 3 is 2.84 bits per heavy atom. The average molecular weight is 437 g/mol. The predicted octanol–water partition coefficient (Wildman–Crippen LogP) is 3.93. The first-order valence-electron chi connectivity index (χ1n) is 11.1. The van der Waals surface area contributed by atoms with Crippen LogP contribution in [0, 0.1) is 5.92 Å². The van der Waals surface area contributed by atoms with Gasteiger partial charge in [-0.3, -0.25) is 4.90 Å². The van der Waals surface area contributed by atoms with E-state index in [2.05, 4.69) is 40.1 Å². The first-order valence-corrected chi connectivity index (χ1v) is 11.1. The summed E-state index contributed by atoms with van der Waals surface area (Å²) in [5, 5.41) is 0. The SMILES string of the molecule is COc1ncccc1-c1ccc(OCC2CCCOC2)c(CN(C)Cc2nccn2C)c1. The van der Waals surface area contributed by atoms with Crippen LogP contribution in [0.5, 0.6) is 11.6 Å². The molecule has 2 aromatic heterocycles. The van der Waals surface area contributed by atoms with Crippen LogP contribution < -0.4 is 9.47 Å². The molecule has 0 aliphatic carbocycles. The molecule has 3 aromatic rings. The number of hydrogen-bond acceptors (Lipinski definition) is 6. The fourth-order valence-electron chi connectivity index (χ4n) is 4.07. The molecule has 0 N–H and O–H groups in total. The van der Waals surface area contributed by atoms with Gasteiger partial charge in [-0.05, 0) is 49.7 Å². The molecular weight excluding hydrogens is 404 g/mol. The van der Waals surface area contributed by atoms with E-state index in [0.717, 1.165) is 67.4 Å². The molecular formula is C25H32N4O3. The van der Waals surface area contributed by atoms with Crippen LogP contribution in [0.2, 0.25) is 0 Å².